The van der Waals surface area contributed by atoms with Gasteiger partial charge in [-0.25, -0.2) is 13.1 Å². The first-order valence-corrected chi connectivity index (χ1v) is 8.10. The fourth-order valence-corrected chi connectivity index (χ4v) is 1.98. The van der Waals surface area contributed by atoms with Crippen LogP contribution in [-0.4, -0.2) is 59.2 Å². The number of ketones is 2. The number of hydrogen-bond donors (Lipinski definition) is 1. The van der Waals surface area contributed by atoms with E-state index in [0.29, 0.717) is 32.7 Å². The van der Waals surface area contributed by atoms with Gasteiger partial charge in [-0.1, -0.05) is 0 Å². The van der Waals surface area contributed by atoms with E-state index in [4.69, 9.17) is 9.47 Å². The minimum absolute atomic E-state index is 0.0187. The molecule has 118 valence electrons. The Balaban J connectivity index is 3.42. The molecule has 0 heterocycles. The van der Waals surface area contributed by atoms with Crippen LogP contribution in [0.4, 0.5) is 0 Å². The van der Waals surface area contributed by atoms with Crippen molar-refractivity contribution in [2.24, 2.45) is 0 Å². The van der Waals surface area contributed by atoms with Crippen LogP contribution in [0, 0.1) is 0 Å². The first-order valence-electron chi connectivity index (χ1n) is 6.45. The summed E-state index contributed by atoms with van der Waals surface area (Å²) in [6, 6.07) is 0. The molecule has 0 aromatic rings. The Hall–Kier alpha value is -0.830. The van der Waals surface area contributed by atoms with Crippen LogP contribution in [0.3, 0.4) is 0 Å². The zero-order valence-electron chi connectivity index (χ0n) is 12.0. The van der Waals surface area contributed by atoms with E-state index in [9.17, 15) is 18.0 Å². The maximum Gasteiger partial charge on any atom is 0.211 e. The summed E-state index contributed by atoms with van der Waals surface area (Å²) >= 11 is 0. The standard InChI is InChI=1S/C12H23NO6S/c1-11(14)10-19-8-7-18-6-3-4-12(15)5-9-20(16,17)13-2/h13H,3-10H2,1-2H3. The molecule has 1 N–H and O–H groups in total. The predicted molar refractivity (Wildman–Crippen MR) is 74.0 cm³/mol. The number of Topliss-reactive ketones (excluding diaryl/α,β-unsaturated/α-hetero) is 2. The number of carbonyl (C=O) groups excluding carboxylic acids is 2. The molecule has 0 aromatic heterocycles. The summed E-state index contributed by atoms with van der Waals surface area (Å²) in [5, 5.41) is 0. The van der Waals surface area contributed by atoms with Gasteiger partial charge >= 0.3 is 0 Å². The van der Waals surface area contributed by atoms with Crippen LogP contribution in [0.25, 0.3) is 0 Å². The largest absolute Gasteiger partial charge is 0.379 e. The highest BCUT2D eigenvalue weighted by molar-refractivity contribution is 7.89. The maximum atomic E-state index is 11.4. The Morgan fingerprint density at radius 2 is 1.70 bits per heavy atom. The number of carbonyl (C=O) groups is 2. The predicted octanol–water partition coefficient (Wildman–Crippen LogP) is -0.103. The second kappa shape index (κ2) is 10.9. The van der Waals surface area contributed by atoms with Gasteiger partial charge in [-0.3, -0.25) is 9.59 Å². The van der Waals surface area contributed by atoms with E-state index in [1.54, 1.807) is 0 Å². The normalized spacial score (nSPS) is 11.5. The summed E-state index contributed by atoms with van der Waals surface area (Å²) in [6.45, 7) is 2.65. The molecule has 0 spiro atoms. The number of sulfonamides is 1. The highest BCUT2D eigenvalue weighted by Crippen LogP contribution is 1.98. The molecule has 0 unspecified atom stereocenters. The summed E-state index contributed by atoms with van der Waals surface area (Å²) < 4.78 is 34.6. The molecule has 7 nitrogen and oxygen atoms in total. The van der Waals surface area contributed by atoms with Gasteiger partial charge in [0.05, 0.1) is 19.0 Å². The lowest BCUT2D eigenvalue weighted by Gasteiger charge is -2.05. The molecule has 20 heavy (non-hydrogen) atoms. The number of rotatable bonds is 13. The van der Waals surface area contributed by atoms with Gasteiger partial charge in [-0.15, -0.1) is 0 Å². The van der Waals surface area contributed by atoms with Crippen molar-refractivity contribution in [2.75, 3.05) is 39.2 Å². The molecular formula is C12H23NO6S. The molecule has 0 aliphatic carbocycles. The third-order valence-corrected chi connectivity index (χ3v) is 3.75. The van der Waals surface area contributed by atoms with Gasteiger partial charge in [-0.05, 0) is 20.4 Å². The van der Waals surface area contributed by atoms with Gasteiger partial charge in [0.2, 0.25) is 10.0 Å². The van der Waals surface area contributed by atoms with E-state index in [2.05, 4.69) is 4.72 Å². The van der Waals surface area contributed by atoms with Crippen LogP contribution in [0.15, 0.2) is 0 Å². The molecule has 0 radical (unpaired) electrons. The molecule has 0 aromatic carbocycles. The number of hydrogen-bond acceptors (Lipinski definition) is 6. The van der Waals surface area contributed by atoms with Crippen LogP contribution >= 0.6 is 0 Å². The summed E-state index contributed by atoms with van der Waals surface area (Å²) in [4.78, 5) is 22.0. The van der Waals surface area contributed by atoms with Crippen molar-refractivity contribution >= 4 is 21.6 Å². The minimum atomic E-state index is -3.31. The molecule has 0 saturated heterocycles. The Kier molecular flexibility index (Phi) is 10.4. The first-order chi connectivity index (χ1) is 9.37. The molecule has 0 amide bonds. The SMILES string of the molecule is CNS(=O)(=O)CCC(=O)CCCOCCOCC(C)=O. The van der Waals surface area contributed by atoms with Crippen LogP contribution in [0.1, 0.15) is 26.2 Å². The minimum Gasteiger partial charge on any atom is -0.379 e. The van der Waals surface area contributed by atoms with Crippen molar-refractivity contribution in [1.82, 2.24) is 4.72 Å². The fourth-order valence-electron chi connectivity index (χ4n) is 1.28. The molecule has 0 rings (SSSR count). The highest BCUT2D eigenvalue weighted by Gasteiger charge is 2.10. The van der Waals surface area contributed by atoms with Gasteiger partial charge in [0.15, 0.2) is 5.78 Å². The second-order valence-corrected chi connectivity index (χ2v) is 6.33. The Labute approximate surface area is 120 Å². The molecule has 0 fully saturated rings. The van der Waals surface area contributed by atoms with Gasteiger partial charge in [0.25, 0.3) is 0 Å². The van der Waals surface area contributed by atoms with Crippen molar-refractivity contribution in [3.05, 3.63) is 0 Å². The molecular weight excluding hydrogens is 286 g/mol. The molecule has 0 bridgehead atoms. The number of nitrogens with one attached hydrogen (secondary N) is 1. The van der Waals surface area contributed by atoms with E-state index in [0.717, 1.165) is 0 Å². The Morgan fingerprint density at radius 1 is 1.05 bits per heavy atom. The maximum absolute atomic E-state index is 11.4. The topological polar surface area (TPSA) is 98.8 Å². The lowest BCUT2D eigenvalue weighted by molar-refractivity contribution is -0.122. The van der Waals surface area contributed by atoms with Gasteiger partial charge < -0.3 is 9.47 Å². The second-order valence-electron chi connectivity index (χ2n) is 4.28. The fraction of sp³-hybridized carbons (Fsp3) is 0.833. The van der Waals surface area contributed by atoms with Crippen LogP contribution in [0.5, 0.6) is 0 Å². The average molecular weight is 309 g/mol. The summed E-state index contributed by atoms with van der Waals surface area (Å²) in [5.41, 5.74) is 0. The quantitative estimate of drug-likeness (QED) is 0.477. The zero-order valence-corrected chi connectivity index (χ0v) is 12.8. The highest BCUT2D eigenvalue weighted by atomic mass is 32.2. The monoisotopic (exact) mass is 309 g/mol. The van der Waals surface area contributed by atoms with Crippen LogP contribution < -0.4 is 4.72 Å². The molecule has 0 aliphatic heterocycles. The van der Waals surface area contributed by atoms with E-state index in [-0.39, 0.29) is 30.3 Å². The first kappa shape index (κ1) is 19.2. The van der Waals surface area contributed by atoms with Crippen LogP contribution in [0.2, 0.25) is 0 Å². The summed E-state index contributed by atoms with van der Waals surface area (Å²) in [6.07, 6.45) is 0.865. The zero-order chi connectivity index (χ0) is 15.4. The van der Waals surface area contributed by atoms with Crippen molar-refractivity contribution in [2.45, 2.75) is 26.2 Å². The Bertz CT molecular complexity index is 393. The number of ether oxygens (including phenoxy) is 2. The third-order valence-electron chi connectivity index (χ3n) is 2.38. The van der Waals surface area contributed by atoms with Crippen LogP contribution in [-0.2, 0) is 29.1 Å². The van der Waals surface area contributed by atoms with Gasteiger partial charge in [-0.2, -0.15) is 0 Å². The smallest absolute Gasteiger partial charge is 0.211 e. The molecule has 0 saturated carbocycles. The van der Waals surface area contributed by atoms with Crippen molar-refractivity contribution in [3.8, 4) is 0 Å². The molecule has 8 heteroatoms. The van der Waals surface area contributed by atoms with E-state index in [1.165, 1.54) is 14.0 Å². The third kappa shape index (κ3) is 12.2. The summed E-state index contributed by atoms with van der Waals surface area (Å²) in [5.74, 6) is -0.311. The van der Waals surface area contributed by atoms with E-state index in [1.807, 2.05) is 0 Å². The average Bonchev–Trinajstić information content (AvgIpc) is 2.39. The molecule has 0 aliphatic rings. The van der Waals surface area contributed by atoms with Gasteiger partial charge in [0.1, 0.15) is 12.4 Å². The van der Waals surface area contributed by atoms with E-state index >= 15 is 0 Å². The molecule has 0 atom stereocenters. The van der Waals surface area contributed by atoms with Gasteiger partial charge in [0, 0.05) is 19.4 Å². The Morgan fingerprint density at radius 3 is 2.30 bits per heavy atom. The summed E-state index contributed by atoms with van der Waals surface area (Å²) in [7, 11) is -1.99. The lowest BCUT2D eigenvalue weighted by Crippen LogP contribution is -2.23. The van der Waals surface area contributed by atoms with Crippen molar-refractivity contribution in [1.29, 1.82) is 0 Å². The lowest BCUT2D eigenvalue weighted by atomic mass is 10.2. The van der Waals surface area contributed by atoms with Crippen molar-refractivity contribution in [3.63, 3.8) is 0 Å². The van der Waals surface area contributed by atoms with Crippen molar-refractivity contribution < 1.29 is 27.5 Å². The van der Waals surface area contributed by atoms with E-state index < -0.39 is 10.0 Å².